The van der Waals surface area contributed by atoms with Crippen molar-refractivity contribution in [2.45, 2.75) is 90.4 Å². The first-order valence-electron chi connectivity index (χ1n) is 14.3. The Morgan fingerprint density at radius 2 is 1.76 bits per heavy atom. The molecule has 0 aromatic heterocycles. The first kappa shape index (κ1) is 31.9. The van der Waals surface area contributed by atoms with Crippen molar-refractivity contribution in [3.8, 4) is 11.5 Å². The standard InChI is InChI=1S/C32H49N5O4/c1-30(2,3)41-29(39)35-14-9-15-40-24-11-10-21-17-25(27(38)18-22(21)16-24)26(33)12-13-28(34)37(8)23-19-31(4,5)36-32(6,7)20-23/h10-13,16-18,23,36,38H,9,14-15,19-20,33-34H2,1-8H3,(H,35,39)/b26-12-,28-13+. The van der Waals surface area contributed by atoms with Crippen molar-refractivity contribution in [3.05, 3.63) is 53.9 Å². The minimum absolute atomic E-state index is 0.0105. The number of ether oxygens (including phenoxy) is 2. The zero-order valence-electron chi connectivity index (χ0n) is 25.9. The van der Waals surface area contributed by atoms with Crippen LogP contribution >= 0.6 is 0 Å². The molecule has 0 bridgehead atoms. The van der Waals surface area contributed by atoms with Gasteiger partial charge in [0.2, 0.25) is 0 Å². The van der Waals surface area contributed by atoms with Crippen LogP contribution in [0.4, 0.5) is 4.79 Å². The number of phenolic OH excluding ortho intramolecular Hbond substituents is 1. The van der Waals surface area contributed by atoms with E-state index >= 15 is 0 Å². The lowest BCUT2D eigenvalue weighted by Gasteiger charge is -2.49. The summed E-state index contributed by atoms with van der Waals surface area (Å²) in [6.07, 6.45) is 5.68. The topological polar surface area (TPSA) is 135 Å². The molecular formula is C32H49N5O4. The van der Waals surface area contributed by atoms with Crippen LogP contribution in [-0.4, -0.2) is 59.0 Å². The van der Waals surface area contributed by atoms with Gasteiger partial charge in [0.25, 0.3) is 0 Å². The molecule has 0 radical (unpaired) electrons. The fourth-order valence-electron chi connectivity index (χ4n) is 5.49. The lowest BCUT2D eigenvalue weighted by atomic mass is 9.79. The number of amides is 1. The predicted molar refractivity (Wildman–Crippen MR) is 166 cm³/mol. The van der Waals surface area contributed by atoms with Crippen LogP contribution in [0.1, 0.15) is 73.3 Å². The highest BCUT2D eigenvalue weighted by atomic mass is 16.6. The minimum atomic E-state index is -0.528. The maximum absolute atomic E-state index is 11.7. The summed E-state index contributed by atoms with van der Waals surface area (Å²) in [4.78, 5) is 13.8. The third-order valence-electron chi connectivity index (χ3n) is 7.05. The van der Waals surface area contributed by atoms with Crippen LogP contribution in [0.15, 0.2) is 48.3 Å². The van der Waals surface area contributed by atoms with Crippen LogP contribution in [0.2, 0.25) is 0 Å². The van der Waals surface area contributed by atoms with E-state index < -0.39 is 11.7 Å². The number of alkyl carbamates (subject to hydrolysis) is 1. The summed E-state index contributed by atoms with van der Waals surface area (Å²) in [5, 5.41) is 18.9. The van der Waals surface area contributed by atoms with Gasteiger partial charge in [0, 0.05) is 42.0 Å². The van der Waals surface area contributed by atoms with Gasteiger partial charge in [-0.3, -0.25) is 0 Å². The molecule has 9 heteroatoms. The highest BCUT2D eigenvalue weighted by molar-refractivity contribution is 5.89. The molecule has 0 atom stereocenters. The summed E-state index contributed by atoms with van der Waals surface area (Å²) in [7, 11) is 2.02. The normalized spacial score (nSPS) is 17.8. The molecule has 0 aliphatic carbocycles. The highest BCUT2D eigenvalue weighted by Crippen LogP contribution is 2.33. The number of piperidine rings is 1. The minimum Gasteiger partial charge on any atom is -0.507 e. The van der Waals surface area contributed by atoms with Crippen LogP contribution < -0.4 is 26.8 Å². The number of fused-ring (bicyclic) bond motifs is 1. The van der Waals surface area contributed by atoms with Crippen LogP contribution in [0.5, 0.6) is 11.5 Å². The Balaban J connectivity index is 1.62. The van der Waals surface area contributed by atoms with E-state index in [1.807, 2.05) is 52.1 Å². The first-order valence-corrected chi connectivity index (χ1v) is 14.3. The number of hydrogen-bond acceptors (Lipinski definition) is 8. The molecule has 1 aliphatic heterocycles. The van der Waals surface area contributed by atoms with Crippen molar-refractivity contribution in [3.63, 3.8) is 0 Å². The molecule has 2 aromatic carbocycles. The van der Waals surface area contributed by atoms with E-state index in [4.69, 9.17) is 20.9 Å². The van der Waals surface area contributed by atoms with E-state index in [2.05, 4.69) is 43.2 Å². The van der Waals surface area contributed by atoms with Gasteiger partial charge < -0.3 is 41.6 Å². The smallest absolute Gasteiger partial charge is 0.407 e. The molecule has 1 aliphatic rings. The Labute approximate surface area is 244 Å². The van der Waals surface area contributed by atoms with Crippen molar-refractivity contribution in [2.24, 2.45) is 11.5 Å². The molecule has 0 unspecified atom stereocenters. The number of carbonyl (C=O) groups is 1. The zero-order chi connectivity index (χ0) is 30.6. The molecule has 0 saturated carbocycles. The molecule has 0 spiro atoms. The van der Waals surface area contributed by atoms with Crippen molar-refractivity contribution in [1.82, 2.24) is 15.5 Å². The third kappa shape index (κ3) is 9.49. The molecule has 2 aromatic rings. The molecule has 1 saturated heterocycles. The summed E-state index contributed by atoms with van der Waals surface area (Å²) in [5.41, 5.74) is 13.3. The van der Waals surface area contributed by atoms with Gasteiger partial charge in [0.1, 0.15) is 17.1 Å². The first-order chi connectivity index (χ1) is 18.9. The summed E-state index contributed by atoms with van der Waals surface area (Å²) >= 11 is 0. The second kappa shape index (κ2) is 12.5. The average molecular weight is 568 g/mol. The number of allylic oxidation sites excluding steroid dienone is 2. The fraction of sp³-hybridized carbons (Fsp3) is 0.531. The molecule has 1 amide bonds. The maximum Gasteiger partial charge on any atom is 0.407 e. The fourth-order valence-corrected chi connectivity index (χ4v) is 5.49. The number of benzene rings is 2. The Morgan fingerprint density at radius 3 is 2.39 bits per heavy atom. The van der Waals surface area contributed by atoms with Crippen LogP contribution in [0, 0.1) is 0 Å². The zero-order valence-corrected chi connectivity index (χ0v) is 25.9. The Bertz CT molecular complexity index is 1280. The van der Waals surface area contributed by atoms with E-state index in [1.54, 1.807) is 18.2 Å². The summed E-state index contributed by atoms with van der Waals surface area (Å²) in [6, 6.07) is 9.50. The molecule has 7 N–H and O–H groups in total. The number of aromatic hydroxyl groups is 1. The van der Waals surface area contributed by atoms with E-state index in [9.17, 15) is 9.90 Å². The van der Waals surface area contributed by atoms with Crippen molar-refractivity contribution >= 4 is 22.6 Å². The van der Waals surface area contributed by atoms with E-state index in [-0.39, 0.29) is 16.8 Å². The largest absolute Gasteiger partial charge is 0.507 e. The van der Waals surface area contributed by atoms with Gasteiger partial charge in [-0.25, -0.2) is 4.79 Å². The van der Waals surface area contributed by atoms with Crippen LogP contribution in [0.3, 0.4) is 0 Å². The van der Waals surface area contributed by atoms with Crippen LogP contribution in [-0.2, 0) is 4.74 Å². The number of nitrogens with zero attached hydrogens (tertiary/aromatic N) is 1. The summed E-state index contributed by atoms with van der Waals surface area (Å²) < 4.78 is 11.1. The number of carbonyl (C=O) groups excluding carboxylic acids is 1. The lowest BCUT2D eigenvalue weighted by molar-refractivity contribution is 0.0525. The number of phenols is 1. The van der Waals surface area contributed by atoms with E-state index in [0.717, 1.165) is 23.6 Å². The van der Waals surface area contributed by atoms with Gasteiger partial charge in [-0.15, -0.1) is 0 Å². The van der Waals surface area contributed by atoms with E-state index in [0.29, 0.717) is 48.4 Å². The number of rotatable bonds is 9. The lowest BCUT2D eigenvalue weighted by Crippen LogP contribution is -2.61. The Kier molecular flexibility index (Phi) is 9.74. The number of hydrogen-bond donors (Lipinski definition) is 5. The highest BCUT2D eigenvalue weighted by Gasteiger charge is 2.39. The second-order valence-electron chi connectivity index (χ2n) is 13.3. The Hall–Kier alpha value is -3.59. The Morgan fingerprint density at radius 1 is 1.10 bits per heavy atom. The van der Waals surface area contributed by atoms with Gasteiger partial charge >= 0.3 is 6.09 Å². The maximum atomic E-state index is 11.7. The predicted octanol–water partition coefficient (Wildman–Crippen LogP) is 5.18. The van der Waals surface area contributed by atoms with Gasteiger partial charge in [0.15, 0.2) is 0 Å². The molecule has 226 valence electrons. The van der Waals surface area contributed by atoms with Gasteiger partial charge in [0.05, 0.1) is 12.4 Å². The molecular weight excluding hydrogens is 518 g/mol. The summed E-state index contributed by atoms with van der Waals surface area (Å²) in [5.74, 6) is 1.37. The van der Waals surface area contributed by atoms with E-state index in [1.165, 1.54) is 0 Å². The van der Waals surface area contributed by atoms with Gasteiger partial charge in [-0.05, 0) is 115 Å². The van der Waals surface area contributed by atoms with Crippen LogP contribution in [0.25, 0.3) is 16.5 Å². The number of nitrogens with two attached hydrogens (primary N) is 2. The average Bonchev–Trinajstić information content (AvgIpc) is 2.82. The second-order valence-corrected chi connectivity index (χ2v) is 13.3. The van der Waals surface area contributed by atoms with Gasteiger partial charge in [-0.2, -0.15) is 0 Å². The summed E-state index contributed by atoms with van der Waals surface area (Å²) in [6.45, 7) is 15.2. The quantitative estimate of drug-likeness (QED) is 0.207. The molecule has 3 rings (SSSR count). The number of nitrogens with one attached hydrogen (secondary N) is 2. The molecule has 41 heavy (non-hydrogen) atoms. The molecule has 1 fully saturated rings. The molecule has 9 nitrogen and oxygen atoms in total. The monoisotopic (exact) mass is 567 g/mol. The van der Waals surface area contributed by atoms with Gasteiger partial charge in [-0.1, -0.05) is 6.07 Å². The van der Waals surface area contributed by atoms with Crippen molar-refractivity contribution in [1.29, 1.82) is 0 Å². The molecule has 1 heterocycles. The van der Waals surface area contributed by atoms with Crippen molar-refractivity contribution in [2.75, 3.05) is 20.2 Å². The third-order valence-corrected chi connectivity index (χ3v) is 7.05. The SMILES string of the molecule is CN(/C(N)=C/C=C(\N)c1cc2ccc(OCCCNC(=O)OC(C)(C)C)cc2cc1O)C1CC(C)(C)NC(C)(C)C1. The van der Waals surface area contributed by atoms with Crippen molar-refractivity contribution < 1.29 is 19.4 Å².